The van der Waals surface area contributed by atoms with Gasteiger partial charge in [0.2, 0.25) is 0 Å². The maximum Gasteiger partial charge on any atom is 0.00792 e. The average molecular weight is 283 g/mol. The molecule has 2 atom stereocenters. The summed E-state index contributed by atoms with van der Waals surface area (Å²) in [5.41, 5.74) is 0. The van der Waals surface area contributed by atoms with Crippen molar-refractivity contribution in [2.24, 2.45) is 5.92 Å². The van der Waals surface area contributed by atoms with Crippen LogP contribution in [0, 0.1) is 5.92 Å². The fourth-order valence-electron chi connectivity index (χ4n) is 3.37. The van der Waals surface area contributed by atoms with E-state index in [0.29, 0.717) is 6.04 Å². The Morgan fingerprint density at radius 2 is 1.70 bits per heavy atom. The van der Waals surface area contributed by atoms with Crippen LogP contribution in [0.4, 0.5) is 0 Å². The summed E-state index contributed by atoms with van der Waals surface area (Å²) >= 11 is 0. The molecule has 0 amide bonds. The van der Waals surface area contributed by atoms with Crippen molar-refractivity contribution in [1.29, 1.82) is 0 Å². The second-order valence-electron chi connectivity index (χ2n) is 6.88. The van der Waals surface area contributed by atoms with Gasteiger partial charge in [0.1, 0.15) is 0 Å². The number of likely N-dealkylation sites (tertiary alicyclic amines) is 1. The zero-order valence-electron chi connectivity index (χ0n) is 14.3. The molecule has 0 aromatic heterocycles. The summed E-state index contributed by atoms with van der Waals surface area (Å²) in [5, 5.41) is 3.76. The van der Waals surface area contributed by atoms with Crippen molar-refractivity contribution < 1.29 is 0 Å². The van der Waals surface area contributed by atoms with E-state index in [1.165, 1.54) is 83.8 Å². The van der Waals surface area contributed by atoms with E-state index in [2.05, 4.69) is 31.1 Å². The van der Waals surface area contributed by atoms with Crippen LogP contribution >= 0.6 is 0 Å². The molecule has 1 heterocycles. The fourth-order valence-corrected chi connectivity index (χ4v) is 3.37. The van der Waals surface area contributed by atoms with Gasteiger partial charge in [-0.2, -0.15) is 0 Å². The van der Waals surface area contributed by atoms with E-state index < -0.39 is 0 Å². The highest BCUT2D eigenvalue weighted by Gasteiger charge is 2.21. The van der Waals surface area contributed by atoms with Crippen molar-refractivity contribution in [3.8, 4) is 0 Å². The Balaban J connectivity index is 1.90. The molecule has 1 N–H and O–H groups in total. The number of nitrogens with zero attached hydrogens (tertiary/aromatic N) is 1. The minimum atomic E-state index is 0.697. The Morgan fingerprint density at radius 1 is 1.05 bits per heavy atom. The summed E-state index contributed by atoms with van der Waals surface area (Å²) in [7, 11) is 2.26. The molecule has 1 fully saturated rings. The predicted octanol–water partition coefficient (Wildman–Crippen LogP) is 4.45. The Morgan fingerprint density at radius 3 is 2.35 bits per heavy atom. The van der Waals surface area contributed by atoms with Gasteiger partial charge in [0.15, 0.2) is 0 Å². The van der Waals surface area contributed by atoms with Crippen LogP contribution in [0.25, 0.3) is 0 Å². The van der Waals surface area contributed by atoms with Crippen molar-refractivity contribution in [2.75, 3.05) is 26.7 Å². The predicted molar refractivity (Wildman–Crippen MR) is 90.3 cm³/mol. The molecule has 1 aliphatic rings. The van der Waals surface area contributed by atoms with E-state index in [9.17, 15) is 0 Å². The molecule has 0 spiro atoms. The molecule has 1 rings (SSSR count). The maximum absolute atomic E-state index is 3.76. The number of nitrogens with one attached hydrogen (secondary N) is 1. The SMILES string of the molecule is CCCCCCCCCCNC(C)C1CCCN(C)C1. The van der Waals surface area contributed by atoms with Gasteiger partial charge >= 0.3 is 0 Å². The second kappa shape index (κ2) is 11.6. The van der Waals surface area contributed by atoms with Crippen LogP contribution in [-0.2, 0) is 0 Å². The van der Waals surface area contributed by atoms with E-state index in [4.69, 9.17) is 0 Å². The molecule has 1 saturated heterocycles. The molecule has 0 aromatic rings. The smallest absolute Gasteiger partial charge is 0.00792 e. The van der Waals surface area contributed by atoms with Crippen LogP contribution in [0.1, 0.15) is 78.1 Å². The highest BCUT2D eigenvalue weighted by atomic mass is 15.1. The first-order valence-electron chi connectivity index (χ1n) is 9.16. The van der Waals surface area contributed by atoms with E-state index in [-0.39, 0.29) is 0 Å². The van der Waals surface area contributed by atoms with Gasteiger partial charge in [-0.15, -0.1) is 0 Å². The molecule has 0 radical (unpaired) electrons. The third-order valence-electron chi connectivity index (χ3n) is 4.86. The van der Waals surface area contributed by atoms with Gasteiger partial charge in [0.25, 0.3) is 0 Å². The zero-order chi connectivity index (χ0) is 14.6. The highest BCUT2D eigenvalue weighted by molar-refractivity contribution is 4.78. The minimum absolute atomic E-state index is 0.697. The zero-order valence-corrected chi connectivity index (χ0v) is 14.3. The average Bonchev–Trinajstić information content (AvgIpc) is 2.45. The molecule has 2 heteroatoms. The normalized spacial score (nSPS) is 22.1. The van der Waals surface area contributed by atoms with Crippen molar-refractivity contribution >= 4 is 0 Å². The van der Waals surface area contributed by atoms with Crippen LogP contribution in [0.3, 0.4) is 0 Å². The first-order valence-corrected chi connectivity index (χ1v) is 9.16. The molecule has 1 aliphatic heterocycles. The lowest BCUT2D eigenvalue weighted by Crippen LogP contribution is -2.43. The molecule has 20 heavy (non-hydrogen) atoms. The summed E-state index contributed by atoms with van der Waals surface area (Å²) in [4.78, 5) is 2.49. The van der Waals surface area contributed by atoms with Gasteiger partial charge in [-0.3, -0.25) is 0 Å². The Labute approximate surface area is 127 Å². The molecule has 0 aromatic carbocycles. The van der Waals surface area contributed by atoms with Crippen molar-refractivity contribution in [3.63, 3.8) is 0 Å². The van der Waals surface area contributed by atoms with Crippen LogP contribution < -0.4 is 5.32 Å². The number of rotatable bonds is 11. The van der Waals surface area contributed by atoms with E-state index in [1.54, 1.807) is 0 Å². The largest absolute Gasteiger partial charge is 0.314 e. The molecule has 0 bridgehead atoms. The van der Waals surface area contributed by atoms with Crippen LogP contribution in [0.15, 0.2) is 0 Å². The molecule has 0 aliphatic carbocycles. The summed E-state index contributed by atoms with van der Waals surface area (Å²) in [6, 6.07) is 0.697. The van der Waals surface area contributed by atoms with Gasteiger partial charge in [-0.05, 0) is 52.2 Å². The lowest BCUT2D eigenvalue weighted by atomic mass is 9.92. The number of piperidine rings is 1. The standard InChI is InChI=1S/C18H38N2/c1-4-5-6-7-8-9-10-11-14-19-17(2)18-13-12-15-20(3)16-18/h17-19H,4-16H2,1-3H3. The van der Waals surface area contributed by atoms with Gasteiger partial charge in [0, 0.05) is 12.6 Å². The monoisotopic (exact) mass is 282 g/mol. The first kappa shape index (κ1) is 18.0. The van der Waals surface area contributed by atoms with Gasteiger partial charge < -0.3 is 10.2 Å². The van der Waals surface area contributed by atoms with Gasteiger partial charge in [0.05, 0.1) is 0 Å². The van der Waals surface area contributed by atoms with Crippen molar-refractivity contribution in [3.05, 3.63) is 0 Å². The number of hydrogen-bond acceptors (Lipinski definition) is 2. The second-order valence-corrected chi connectivity index (χ2v) is 6.88. The Bertz CT molecular complexity index is 217. The maximum atomic E-state index is 3.76. The van der Waals surface area contributed by atoms with E-state index >= 15 is 0 Å². The summed E-state index contributed by atoms with van der Waals surface area (Å²) < 4.78 is 0. The molecular weight excluding hydrogens is 244 g/mol. The Kier molecular flexibility index (Phi) is 10.4. The van der Waals surface area contributed by atoms with Crippen LogP contribution in [0.2, 0.25) is 0 Å². The number of hydrogen-bond donors (Lipinski definition) is 1. The molecule has 120 valence electrons. The summed E-state index contributed by atoms with van der Waals surface area (Å²) in [5.74, 6) is 0.864. The summed E-state index contributed by atoms with van der Waals surface area (Å²) in [6.07, 6.45) is 14.1. The lowest BCUT2D eigenvalue weighted by Gasteiger charge is -2.34. The molecule has 2 unspecified atom stereocenters. The highest BCUT2D eigenvalue weighted by Crippen LogP contribution is 2.18. The van der Waals surface area contributed by atoms with Crippen LogP contribution in [-0.4, -0.2) is 37.6 Å². The quantitative estimate of drug-likeness (QED) is 0.563. The lowest BCUT2D eigenvalue weighted by molar-refractivity contribution is 0.179. The van der Waals surface area contributed by atoms with E-state index in [1.807, 2.05) is 0 Å². The van der Waals surface area contributed by atoms with Crippen molar-refractivity contribution in [1.82, 2.24) is 10.2 Å². The Hall–Kier alpha value is -0.0800. The minimum Gasteiger partial charge on any atom is -0.314 e. The number of unbranched alkanes of at least 4 members (excludes halogenated alkanes) is 7. The molecule has 0 saturated carbocycles. The van der Waals surface area contributed by atoms with E-state index in [0.717, 1.165) is 5.92 Å². The molecule has 2 nitrogen and oxygen atoms in total. The third-order valence-corrected chi connectivity index (χ3v) is 4.86. The van der Waals surface area contributed by atoms with Crippen LogP contribution in [0.5, 0.6) is 0 Å². The van der Waals surface area contributed by atoms with Crippen molar-refractivity contribution in [2.45, 2.75) is 84.1 Å². The first-order chi connectivity index (χ1) is 9.74. The fraction of sp³-hybridized carbons (Fsp3) is 1.00. The van der Waals surface area contributed by atoms with Gasteiger partial charge in [-0.25, -0.2) is 0 Å². The topological polar surface area (TPSA) is 15.3 Å². The molecular formula is C18H38N2. The van der Waals surface area contributed by atoms with Gasteiger partial charge in [-0.1, -0.05) is 51.9 Å². The third kappa shape index (κ3) is 8.26. The summed E-state index contributed by atoms with van der Waals surface area (Å²) in [6.45, 7) is 8.47.